The molecule has 3 aliphatic heterocycles. The van der Waals surface area contributed by atoms with Gasteiger partial charge in [-0.2, -0.15) is 0 Å². The molecular formula is C79H71Cl4N7O12. The number of hydrogen-bond acceptors (Lipinski definition) is 18. The summed E-state index contributed by atoms with van der Waals surface area (Å²) in [6.45, 7) is 14.9. The predicted octanol–water partition coefficient (Wildman–Crippen LogP) is 16.1. The number of fused-ring (bicyclic) bond motifs is 8. The first-order valence-electron chi connectivity index (χ1n) is 32.8. The van der Waals surface area contributed by atoms with Crippen LogP contribution in [0.1, 0.15) is 125 Å². The Bertz CT molecular complexity index is 4630. The Morgan fingerprint density at radius 3 is 1.62 bits per heavy atom. The Hall–Kier alpha value is -9.96. The number of ether oxygens (including phenoxy) is 5. The molecule has 13 rings (SSSR count). The quantitative estimate of drug-likeness (QED) is 0.0409. The van der Waals surface area contributed by atoms with E-state index in [0.717, 1.165) is 41.3 Å². The van der Waals surface area contributed by atoms with Crippen LogP contribution in [-0.4, -0.2) is 94.7 Å². The van der Waals surface area contributed by atoms with E-state index in [1.165, 1.54) is 30.3 Å². The normalized spacial score (nSPS) is 14.7. The van der Waals surface area contributed by atoms with Crippen molar-refractivity contribution in [2.45, 2.75) is 92.3 Å². The Labute approximate surface area is 609 Å². The molecule has 0 amide bonds. The van der Waals surface area contributed by atoms with Crippen LogP contribution in [0.15, 0.2) is 199 Å². The van der Waals surface area contributed by atoms with Gasteiger partial charge in [0.25, 0.3) is 0 Å². The molecule has 4 aromatic heterocycles. The standard InChI is InChI=1S/C45H43Cl2N3O7.C34H28Cl2N4O5/c1-43(2,3)41(52)55-38-23-36-32(21-34(38)46)45(33-22-35(47)39(24-37(33)54-36)56-42(53)44(4,5)6)31-16-15-27(20-30(31)40(51)57-45)12-11-19-50(25-28-13-7-9-17-48-28)26-29-14-8-10-18-49-29;35-27-14-25-31(16-29(27)41)45-32-17-30(42)28(36)15-26(32)33(25)23-8-7-20(13-24(23)34(43)44)39-11-12-40(18-21-5-1-3-9-37-21)19-22-6-2-4-10-38-22/h7-10,13-18,20-24H,11-12,19,25-26H2,1-6H3;1-10,13-17,29,39,41-42H,11-12,18-19H2,(H,43,44). The fourth-order valence-corrected chi connectivity index (χ4v) is 12.8. The number of allylic oxidation sites excluding steroid dienone is 1. The summed E-state index contributed by atoms with van der Waals surface area (Å²) in [6, 6.07) is 43.3. The number of anilines is 1. The molecule has 0 bridgehead atoms. The molecule has 0 fully saturated rings. The Morgan fingerprint density at radius 2 is 1.12 bits per heavy atom. The summed E-state index contributed by atoms with van der Waals surface area (Å²) >= 11 is 26.2. The molecule has 0 saturated carbocycles. The molecule has 23 heteroatoms. The van der Waals surface area contributed by atoms with Gasteiger partial charge in [0.05, 0.1) is 64.8 Å². The number of aromatic hydroxyl groups is 1. The van der Waals surface area contributed by atoms with Crippen molar-refractivity contribution in [3.63, 3.8) is 0 Å². The van der Waals surface area contributed by atoms with Crippen LogP contribution in [0.25, 0.3) is 5.57 Å². The number of carbonyl (C=O) groups excluding carboxylic acids is 3. The number of nitrogens with one attached hydrogen (secondary N) is 1. The average Bonchev–Trinajstić information content (AvgIpc) is 1.50. The fourth-order valence-electron chi connectivity index (χ4n) is 12.1. The summed E-state index contributed by atoms with van der Waals surface area (Å²) in [4.78, 5) is 75.0. The third-order valence-electron chi connectivity index (χ3n) is 17.2. The summed E-state index contributed by atoms with van der Waals surface area (Å²) in [7, 11) is 0. The molecule has 522 valence electrons. The Balaban J connectivity index is 0.000000198. The molecule has 1 spiro atoms. The average molecular weight is 1450 g/mol. The molecule has 0 radical (unpaired) electrons. The van der Waals surface area contributed by atoms with E-state index in [4.69, 9.17) is 70.1 Å². The minimum atomic E-state index is -1.55. The van der Waals surface area contributed by atoms with Crippen molar-refractivity contribution >= 4 is 81.5 Å². The third kappa shape index (κ3) is 16.0. The lowest BCUT2D eigenvalue weighted by atomic mass is 9.77. The number of carboxylic acids is 1. The number of phenolic OH excluding ortho intramolecular Hbond substituents is 1. The monoisotopic (exact) mass is 1450 g/mol. The van der Waals surface area contributed by atoms with Gasteiger partial charge in [0, 0.05) is 121 Å². The Morgan fingerprint density at radius 1 is 0.588 bits per heavy atom. The SMILES string of the molecule is CC(C)(C)C(=O)Oc1cc2c(cc1Cl)C1(OC(=O)c3cc(CCCN(Cc4ccccn4)Cc4ccccn4)ccc31)c1cc(Cl)c(OC(=O)C(C)(C)C)cc1O2.O=C(O)c1cc(NCCN(Cc2ccccn2)Cc2ccccn2)ccc1C1=C2C=C(Cl)C(O)C=C2Oc2cc(O)c(Cl)cc21. The molecule has 4 aliphatic rings. The van der Waals surface area contributed by atoms with Gasteiger partial charge in [0.15, 0.2) is 17.1 Å². The van der Waals surface area contributed by atoms with Crippen LogP contribution >= 0.6 is 46.4 Å². The highest BCUT2D eigenvalue weighted by Gasteiger charge is 2.55. The van der Waals surface area contributed by atoms with Crippen LogP contribution in [-0.2, 0) is 52.5 Å². The fraction of sp³-hybridized carbons (Fsp3) is 0.241. The first-order chi connectivity index (χ1) is 48.8. The van der Waals surface area contributed by atoms with E-state index < -0.39 is 46.4 Å². The highest BCUT2D eigenvalue weighted by molar-refractivity contribution is 6.33. The zero-order chi connectivity index (χ0) is 72.2. The summed E-state index contributed by atoms with van der Waals surface area (Å²) in [5, 5.41) is 34.7. The Kier molecular flexibility index (Phi) is 21.4. The summed E-state index contributed by atoms with van der Waals surface area (Å²) in [6.07, 6.45) is 10.5. The second kappa shape index (κ2) is 30.3. The van der Waals surface area contributed by atoms with Crippen molar-refractivity contribution in [3.8, 4) is 34.5 Å². The molecular weight excluding hydrogens is 1380 g/mol. The molecule has 1 unspecified atom stereocenters. The maximum atomic E-state index is 14.0. The van der Waals surface area contributed by atoms with Crippen molar-refractivity contribution in [1.29, 1.82) is 0 Å². The number of nitrogens with zero attached hydrogens (tertiary/aromatic N) is 6. The van der Waals surface area contributed by atoms with Crippen LogP contribution in [0, 0.1) is 10.8 Å². The van der Waals surface area contributed by atoms with Crippen LogP contribution in [0.3, 0.4) is 0 Å². The minimum Gasteiger partial charge on any atom is -0.506 e. The van der Waals surface area contributed by atoms with Crippen LogP contribution in [0.2, 0.25) is 15.1 Å². The smallest absolute Gasteiger partial charge is 0.340 e. The number of aliphatic hydroxyl groups excluding tert-OH is 1. The van der Waals surface area contributed by atoms with Gasteiger partial charge in [-0.1, -0.05) is 88.9 Å². The second-order valence-corrected chi connectivity index (χ2v) is 28.5. The van der Waals surface area contributed by atoms with Crippen molar-refractivity contribution in [3.05, 3.63) is 281 Å². The number of esters is 3. The van der Waals surface area contributed by atoms with Gasteiger partial charge >= 0.3 is 23.9 Å². The predicted molar refractivity (Wildman–Crippen MR) is 388 cm³/mol. The van der Waals surface area contributed by atoms with E-state index in [0.29, 0.717) is 95.9 Å². The van der Waals surface area contributed by atoms with Crippen LogP contribution in [0.5, 0.6) is 34.5 Å². The molecule has 4 N–H and O–H groups in total. The number of aromatic nitrogens is 4. The largest absolute Gasteiger partial charge is 0.506 e. The van der Waals surface area contributed by atoms with E-state index in [2.05, 4.69) is 35.1 Å². The van der Waals surface area contributed by atoms with E-state index in [9.17, 15) is 34.5 Å². The number of carboxylic acid groups (broad SMARTS) is 1. The van der Waals surface area contributed by atoms with Crippen molar-refractivity contribution in [1.82, 2.24) is 29.7 Å². The van der Waals surface area contributed by atoms with Gasteiger partial charge in [0.1, 0.15) is 34.9 Å². The number of carbonyl (C=O) groups is 4. The molecule has 1 atom stereocenters. The zero-order valence-corrected chi connectivity index (χ0v) is 59.5. The molecule has 7 heterocycles. The van der Waals surface area contributed by atoms with Gasteiger partial charge in [-0.25, -0.2) is 9.59 Å². The second-order valence-electron chi connectivity index (χ2n) is 26.9. The third-order valence-corrected chi connectivity index (χ3v) is 18.4. The minimum absolute atomic E-state index is 0.0355. The number of aromatic carboxylic acids is 1. The highest BCUT2D eigenvalue weighted by atomic mass is 35.5. The number of aliphatic hydroxyl groups is 1. The first kappa shape index (κ1) is 71.9. The number of halogens is 4. The maximum absolute atomic E-state index is 14.0. The molecule has 1 aliphatic carbocycles. The zero-order valence-electron chi connectivity index (χ0n) is 56.5. The molecule has 0 saturated heterocycles. The summed E-state index contributed by atoms with van der Waals surface area (Å²) < 4.78 is 30.3. The van der Waals surface area contributed by atoms with Crippen molar-refractivity contribution in [2.75, 3.05) is 25.0 Å². The molecule has 5 aromatic carbocycles. The first-order valence-corrected chi connectivity index (χ1v) is 34.4. The molecule has 9 aromatic rings. The number of hydrogen-bond donors (Lipinski definition) is 4. The van der Waals surface area contributed by atoms with Gasteiger partial charge in [-0.15, -0.1) is 0 Å². The van der Waals surface area contributed by atoms with Crippen molar-refractivity contribution in [2.24, 2.45) is 10.8 Å². The maximum Gasteiger partial charge on any atom is 0.340 e. The highest BCUT2D eigenvalue weighted by Crippen LogP contribution is 2.59. The lowest BCUT2D eigenvalue weighted by Gasteiger charge is -2.37. The number of aryl methyl sites for hydroxylation is 1. The van der Waals surface area contributed by atoms with Gasteiger partial charge < -0.3 is 44.3 Å². The summed E-state index contributed by atoms with van der Waals surface area (Å²) in [5.41, 5.74) is 5.84. The lowest BCUT2D eigenvalue weighted by Crippen LogP contribution is -2.33. The number of rotatable bonds is 20. The lowest BCUT2D eigenvalue weighted by molar-refractivity contribution is -0.143. The van der Waals surface area contributed by atoms with Gasteiger partial charge in [0.2, 0.25) is 0 Å². The number of pyridine rings is 4. The number of phenols is 1. The van der Waals surface area contributed by atoms with E-state index in [-0.39, 0.29) is 65.9 Å². The van der Waals surface area contributed by atoms with Gasteiger partial charge in [-0.05, 0) is 169 Å². The number of benzene rings is 5. The van der Waals surface area contributed by atoms with Gasteiger partial charge in [-0.3, -0.25) is 39.3 Å². The van der Waals surface area contributed by atoms with Crippen LogP contribution < -0.4 is 24.3 Å². The molecule has 19 nitrogen and oxygen atoms in total. The van der Waals surface area contributed by atoms with Crippen molar-refractivity contribution < 1.29 is 58.2 Å². The van der Waals surface area contributed by atoms with E-state index in [1.807, 2.05) is 91.0 Å². The van der Waals surface area contributed by atoms with E-state index >= 15 is 0 Å². The van der Waals surface area contributed by atoms with Crippen LogP contribution in [0.4, 0.5) is 5.69 Å². The van der Waals surface area contributed by atoms with E-state index in [1.54, 1.807) is 103 Å². The topological polar surface area (TPSA) is 245 Å². The molecule has 102 heavy (non-hydrogen) atoms. The summed E-state index contributed by atoms with van der Waals surface area (Å²) in [5.74, 6) is -1.73.